The van der Waals surface area contributed by atoms with Crippen LogP contribution < -0.4 is 0 Å². The van der Waals surface area contributed by atoms with E-state index in [0.29, 0.717) is 10.0 Å². The van der Waals surface area contributed by atoms with Crippen molar-refractivity contribution < 1.29 is 14.7 Å². The number of rotatable bonds is 4. The smallest absolute Gasteiger partial charge is 0.336 e. The van der Waals surface area contributed by atoms with Gasteiger partial charge in [0.1, 0.15) is 0 Å². The largest absolute Gasteiger partial charge is 0.478 e. The molecular formula is C28H22Cl2N2O3. The summed E-state index contributed by atoms with van der Waals surface area (Å²) < 4.78 is 0. The van der Waals surface area contributed by atoms with Crippen molar-refractivity contribution in [3.05, 3.63) is 111 Å². The number of aromatic carboxylic acids is 1. The Hall–Kier alpha value is -3.41. The van der Waals surface area contributed by atoms with Crippen molar-refractivity contribution in [1.82, 2.24) is 5.01 Å². The minimum absolute atomic E-state index is 0.00980. The summed E-state index contributed by atoms with van der Waals surface area (Å²) in [4.78, 5) is 25.6. The molecule has 1 fully saturated rings. The van der Waals surface area contributed by atoms with Crippen LogP contribution in [0.5, 0.6) is 0 Å². The number of benzene rings is 3. The Morgan fingerprint density at radius 1 is 0.914 bits per heavy atom. The van der Waals surface area contributed by atoms with Gasteiger partial charge in [-0.15, -0.1) is 0 Å². The minimum Gasteiger partial charge on any atom is -0.478 e. The van der Waals surface area contributed by atoms with E-state index >= 15 is 0 Å². The van der Waals surface area contributed by atoms with E-state index in [9.17, 15) is 14.7 Å². The van der Waals surface area contributed by atoms with E-state index in [1.54, 1.807) is 24.3 Å². The topological polar surface area (TPSA) is 70.0 Å². The second kappa shape index (κ2) is 9.68. The van der Waals surface area contributed by atoms with Crippen LogP contribution in [-0.2, 0) is 0 Å². The lowest BCUT2D eigenvalue weighted by Crippen LogP contribution is -2.32. The van der Waals surface area contributed by atoms with Crippen LogP contribution in [0.2, 0.25) is 10.0 Å². The van der Waals surface area contributed by atoms with Gasteiger partial charge in [0.05, 0.1) is 22.9 Å². The maximum atomic E-state index is 13.8. The molecule has 5 nitrogen and oxygen atoms in total. The average Bonchev–Trinajstić information content (AvgIpc) is 3.26. The highest BCUT2D eigenvalue weighted by atomic mass is 35.5. The summed E-state index contributed by atoms with van der Waals surface area (Å²) in [6.07, 6.45) is 4.77. The van der Waals surface area contributed by atoms with Crippen molar-refractivity contribution in [2.24, 2.45) is 11.0 Å². The molecule has 0 saturated heterocycles. The number of carboxylic acid groups (broad SMARTS) is 1. The Labute approximate surface area is 213 Å². The minimum atomic E-state index is -1.15. The van der Waals surface area contributed by atoms with E-state index in [2.05, 4.69) is 6.08 Å². The summed E-state index contributed by atoms with van der Waals surface area (Å²) in [6, 6.07) is 20.9. The number of halogens is 2. The lowest BCUT2D eigenvalue weighted by atomic mass is 9.77. The molecule has 7 heteroatoms. The zero-order valence-corrected chi connectivity index (χ0v) is 20.2. The lowest BCUT2D eigenvalue weighted by Gasteiger charge is -2.30. The first-order chi connectivity index (χ1) is 16.9. The first kappa shape index (κ1) is 23.3. The molecule has 2 atom stereocenters. The third-order valence-electron chi connectivity index (χ3n) is 6.52. The van der Waals surface area contributed by atoms with E-state index in [-0.39, 0.29) is 23.1 Å². The number of hydrogen-bond donors (Lipinski definition) is 1. The van der Waals surface area contributed by atoms with Crippen LogP contribution in [0.15, 0.2) is 83.5 Å². The zero-order valence-electron chi connectivity index (χ0n) is 18.7. The van der Waals surface area contributed by atoms with Gasteiger partial charge in [-0.25, -0.2) is 9.80 Å². The summed E-state index contributed by atoms with van der Waals surface area (Å²) >= 11 is 12.2. The van der Waals surface area contributed by atoms with Gasteiger partial charge in [-0.2, -0.15) is 5.10 Å². The van der Waals surface area contributed by atoms with Gasteiger partial charge in [0, 0.05) is 16.0 Å². The number of carboxylic acids is 1. The highest BCUT2D eigenvalue weighted by Gasteiger charge is 2.44. The molecule has 1 saturated carbocycles. The summed E-state index contributed by atoms with van der Waals surface area (Å²) in [6.45, 7) is 0. The van der Waals surface area contributed by atoms with Crippen molar-refractivity contribution in [3.8, 4) is 0 Å². The molecule has 5 rings (SSSR count). The molecule has 1 aliphatic carbocycles. The Morgan fingerprint density at radius 3 is 2.20 bits per heavy atom. The van der Waals surface area contributed by atoms with E-state index in [1.807, 2.05) is 36.4 Å². The van der Waals surface area contributed by atoms with Crippen LogP contribution in [0, 0.1) is 5.92 Å². The second-order valence-electron chi connectivity index (χ2n) is 8.70. The van der Waals surface area contributed by atoms with Gasteiger partial charge in [0.15, 0.2) is 0 Å². The Balaban J connectivity index is 1.60. The summed E-state index contributed by atoms with van der Waals surface area (Å²) in [5, 5.41) is 17.2. The summed E-state index contributed by atoms with van der Waals surface area (Å²) in [5.41, 5.74) is 3.94. The molecule has 3 aromatic carbocycles. The maximum absolute atomic E-state index is 13.8. The van der Waals surface area contributed by atoms with Gasteiger partial charge < -0.3 is 5.11 Å². The van der Waals surface area contributed by atoms with Gasteiger partial charge in [-0.3, -0.25) is 4.79 Å². The number of carbonyl (C=O) groups is 2. The van der Waals surface area contributed by atoms with Crippen LogP contribution in [0.25, 0.3) is 6.08 Å². The van der Waals surface area contributed by atoms with E-state index in [0.717, 1.165) is 41.7 Å². The molecule has 2 aliphatic rings. The van der Waals surface area contributed by atoms with Gasteiger partial charge in [-0.05, 0) is 78.4 Å². The number of amides is 1. The predicted octanol–water partition coefficient (Wildman–Crippen LogP) is 7.13. The highest BCUT2D eigenvalue weighted by molar-refractivity contribution is 6.30. The van der Waals surface area contributed by atoms with Crippen LogP contribution >= 0.6 is 23.2 Å². The molecule has 1 aliphatic heterocycles. The Morgan fingerprint density at radius 2 is 1.54 bits per heavy atom. The Kier molecular flexibility index (Phi) is 6.46. The molecule has 35 heavy (non-hydrogen) atoms. The fourth-order valence-corrected chi connectivity index (χ4v) is 5.15. The fourth-order valence-electron chi connectivity index (χ4n) is 4.90. The number of fused-ring (bicyclic) bond motifs is 1. The zero-order chi connectivity index (χ0) is 24.5. The first-order valence-corrected chi connectivity index (χ1v) is 12.1. The molecule has 0 aromatic heterocycles. The molecule has 176 valence electrons. The number of allylic oxidation sites excluding steroid dienone is 1. The van der Waals surface area contributed by atoms with Crippen LogP contribution in [0.3, 0.4) is 0 Å². The predicted molar refractivity (Wildman–Crippen MR) is 138 cm³/mol. The quantitative estimate of drug-likeness (QED) is 0.410. The first-order valence-electron chi connectivity index (χ1n) is 11.4. The molecule has 0 bridgehead atoms. The van der Waals surface area contributed by atoms with Gasteiger partial charge in [-0.1, -0.05) is 59.6 Å². The molecule has 3 aromatic rings. The van der Waals surface area contributed by atoms with Crippen molar-refractivity contribution in [2.75, 3.05) is 0 Å². The van der Waals surface area contributed by atoms with Crippen molar-refractivity contribution >= 4 is 46.9 Å². The van der Waals surface area contributed by atoms with Gasteiger partial charge in [0.2, 0.25) is 0 Å². The summed E-state index contributed by atoms with van der Waals surface area (Å²) in [7, 11) is 0. The molecule has 1 N–H and O–H groups in total. The molecule has 0 spiro atoms. The standard InChI is InChI=1S/C28H22Cl2N2O3/c29-20-12-8-17(9-13-20)16-19-4-3-7-24-25(19)31-32(26(24)18-10-14-21(30)15-11-18)27(33)22-5-1-2-6-23(22)28(34)35/h1-2,5-6,8-16,24,26H,3-4,7H2,(H,34,35)/b19-16+/t24-,26-/m0/s1. The number of hydrazone groups is 1. The van der Waals surface area contributed by atoms with E-state index < -0.39 is 11.9 Å². The number of nitrogens with zero attached hydrogens (tertiary/aromatic N) is 2. The molecule has 1 amide bonds. The third kappa shape index (κ3) is 4.62. The van der Waals surface area contributed by atoms with Gasteiger partial charge >= 0.3 is 5.97 Å². The lowest BCUT2D eigenvalue weighted by molar-refractivity contribution is 0.0646. The third-order valence-corrected chi connectivity index (χ3v) is 7.02. The van der Waals surface area contributed by atoms with Crippen LogP contribution in [-0.4, -0.2) is 27.7 Å². The normalized spacial score (nSPS) is 20.5. The molecule has 0 radical (unpaired) electrons. The number of hydrogen-bond acceptors (Lipinski definition) is 3. The van der Waals surface area contributed by atoms with Crippen molar-refractivity contribution in [1.29, 1.82) is 0 Å². The SMILES string of the molecule is O=C(O)c1ccccc1C(=O)N1N=C2/C(=C/c3ccc(Cl)cc3)CCC[C@@H]2[C@@H]1c1ccc(Cl)cc1. The average molecular weight is 505 g/mol. The van der Waals surface area contributed by atoms with E-state index in [1.165, 1.54) is 17.1 Å². The monoisotopic (exact) mass is 504 g/mol. The van der Waals surface area contributed by atoms with Crippen LogP contribution in [0.4, 0.5) is 0 Å². The fraction of sp³-hybridized carbons (Fsp3) is 0.179. The highest BCUT2D eigenvalue weighted by Crippen LogP contribution is 2.45. The van der Waals surface area contributed by atoms with Crippen molar-refractivity contribution in [3.63, 3.8) is 0 Å². The van der Waals surface area contributed by atoms with Crippen molar-refractivity contribution in [2.45, 2.75) is 25.3 Å². The summed E-state index contributed by atoms with van der Waals surface area (Å²) in [5.74, 6) is -1.59. The van der Waals surface area contributed by atoms with E-state index in [4.69, 9.17) is 28.3 Å². The van der Waals surface area contributed by atoms with Crippen LogP contribution in [0.1, 0.15) is 57.1 Å². The number of carbonyl (C=O) groups excluding carboxylic acids is 1. The molecular weight excluding hydrogens is 483 g/mol. The Bertz CT molecular complexity index is 1350. The molecule has 1 heterocycles. The second-order valence-corrected chi connectivity index (χ2v) is 9.57. The van der Waals surface area contributed by atoms with Gasteiger partial charge in [0.25, 0.3) is 5.91 Å². The molecule has 0 unspecified atom stereocenters. The maximum Gasteiger partial charge on any atom is 0.336 e.